The van der Waals surface area contributed by atoms with Gasteiger partial charge in [-0.3, -0.25) is 0 Å². The quantitative estimate of drug-likeness (QED) is 0.539. The van der Waals surface area contributed by atoms with Crippen LogP contribution in [0, 0.1) is 5.92 Å². The summed E-state index contributed by atoms with van der Waals surface area (Å²) in [7, 11) is 0. The first-order valence-corrected chi connectivity index (χ1v) is 4.03. The van der Waals surface area contributed by atoms with Crippen molar-refractivity contribution in [3.63, 3.8) is 0 Å². The number of aliphatic hydroxyl groups excluding tert-OH is 3. The normalized spacial score (nSPS) is 16.9. The monoisotopic (exact) mass is 162 g/mol. The first-order chi connectivity index (χ1) is 5.06. The lowest BCUT2D eigenvalue weighted by Gasteiger charge is -2.15. The smallest absolute Gasteiger partial charge is 0.0795 e. The number of aliphatic hydroxyl groups is 3. The molecule has 0 fully saturated rings. The fraction of sp³-hybridized carbons (Fsp3) is 1.00. The zero-order valence-electron chi connectivity index (χ0n) is 7.20. The second kappa shape index (κ2) is 5.52. The van der Waals surface area contributed by atoms with Crippen molar-refractivity contribution >= 4 is 0 Å². The maximum absolute atomic E-state index is 9.25. The van der Waals surface area contributed by atoms with Crippen LogP contribution in [-0.2, 0) is 0 Å². The minimum atomic E-state index is -0.774. The molecule has 0 aromatic rings. The van der Waals surface area contributed by atoms with Gasteiger partial charge in [0.15, 0.2) is 0 Å². The summed E-state index contributed by atoms with van der Waals surface area (Å²) in [6.07, 6.45) is -0.313. The fourth-order valence-electron chi connectivity index (χ4n) is 1.03. The van der Waals surface area contributed by atoms with Crippen LogP contribution >= 0.6 is 0 Å². The largest absolute Gasteiger partial charge is 0.394 e. The van der Waals surface area contributed by atoms with Crippen molar-refractivity contribution in [2.24, 2.45) is 5.92 Å². The molecule has 0 saturated heterocycles. The van der Waals surface area contributed by atoms with Crippen LogP contribution in [0.25, 0.3) is 0 Å². The van der Waals surface area contributed by atoms with E-state index in [-0.39, 0.29) is 13.0 Å². The molecule has 3 N–H and O–H groups in total. The van der Waals surface area contributed by atoms with Gasteiger partial charge in [-0.15, -0.1) is 0 Å². The van der Waals surface area contributed by atoms with Crippen molar-refractivity contribution in [3.05, 3.63) is 0 Å². The maximum atomic E-state index is 9.25. The molecular formula is C8H18O3. The number of hydrogen-bond donors (Lipinski definition) is 3. The van der Waals surface area contributed by atoms with Crippen LogP contribution in [-0.4, -0.2) is 34.1 Å². The first-order valence-electron chi connectivity index (χ1n) is 4.03. The molecule has 0 aliphatic rings. The Hall–Kier alpha value is -0.120. The van der Waals surface area contributed by atoms with Crippen LogP contribution < -0.4 is 0 Å². The minimum Gasteiger partial charge on any atom is -0.394 e. The van der Waals surface area contributed by atoms with E-state index in [4.69, 9.17) is 10.2 Å². The van der Waals surface area contributed by atoms with Crippen molar-refractivity contribution in [3.8, 4) is 0 Å². The molecule has 0 radical (unpaired) electrons. The topological polar surface area (TPSA) is 60.7 Å². The predicted octanol–water partition coefficient (Wildman–Crippen LogP) is 0.137. The summed E-state index contributed by atoms with van der Waals surface area (Å²) in [5, 5.41) is 26.6. The Labute approximate surface area is 67.7 Å². The van der Waals surface area contributed by atoms with E-state index < -0.39 is 12.2 Å². The van der Waals surface area contributed by atoms with Gasteiger partial charge in [-0.25, -0.2) is 0 Å². The average molecular weight is 162 g/mol. The van der Waals surface area contributed by atoms with Gasteiger partial charge < -0.3 is 15.3 Å². The molecule has 0 aliphatic carbocycles. The zero-order valence-corrected chi connectivity index (χ0v) is 7.20. The second-order valence-corrected chi connectivity index (χ2v) is 3.36. The van der Waals surface area contributed by atoms with Gasteiger partial charge in [0, 0.05) is 6.42 Å². The summed E-state index contributed by atoms with van der Waals surface area (Å²) in [5.74, 6) is 0.427. The van der Waals surface area contributed by atoms with Crippen LogP contribution in [0.1, 0.15) is 26.7 Å². The van der Waals surface area contributed by atoms with Gasteiger partial charge in [-0.2, -0.15) is 0 Å². The van der Waals surface area contributed by atoms with Gasteiger partial charge in [0.1, 0.15) is 0 Å². The third-order valence-corrected chi connectivity index (χ3v) is 1.50. The highest BCUT2D eigenvalue weighted by molar-refractivity contribution is 4.63. The second-order valence-electron chi connectivity index (χ2n) is 3.36. The average Bonchev–Trinajstić information content (AvgIpc) is 1.85. The van der Waals surface area contributed by atoms with Crippen LogP contribution in [0.5, 0.6) is 0 Å². The van der Waals surface area contributed by atoms with E-state index in [1.54, 1.807) is 0 Å². The lowest BCUT2D eigenvalue weighted by Crippen LogP contribution is -2.21. The van der Waals surface area contributed by atoms with Gasteiger partial charge in [0.2, 0.25) is 0 Å². The molecule has 68 valence electrons. The highest BCUT2D eigenvalue weighted by atomic mass is 16.3. The van der Waals surface area contributed by atoms with E-state index >= 15 is 0 Å². The van der Waals surface area contributed by atoms with Gasteiger partial charge in [-0.1, -0.05) is 13.8 Å². The summed E-state index contributed by atoms with van der Waals surface area (Å²) in [4.78, 5) is 0. The Kier molecular flexibility index (Phi) is 5.46. The van der Waals surface area contributed by atoms with Gasteiger partial charge >= 0.3 is 0 Å². The standard InChI is InChI=1S/C8H18O3/c1-6(2)3-7(10)4-8(11)5-9/h6-11H,3-5H2,1-2H3. The molecule has 0 aromatic carbocycles. The highest BCUT2D eigenvalue weighted by Crippen LogP contribution is 2.09. The lowest BCUT2D eigenvalue weighted by molar-refractivity contribution is 0.0346. The molecule has 0 heterocycles. The first kappa shape index (κ1) is 10.9. The zero-order chi connectivity index (χ0) is 8.85. The molecule has 0 spiro atoms. The Balaban J connectivity index is 3.43. The van der Waals surface area contributed by atoms with E-state index in [1.807, 2.05) is 13.8 Å². The molecule has 0 amide bonds. The van der Waals surface area contributed by atoms with Gasteiger partial charge in [0.05, 0.1) is 18.8 Å². The van der Waals surface area contributed by atoms with E-state index in [9.17, 15) is 5.11 Å². The van der Waals surface area contributed by atoms with Crippen LogP contribution in [0.4, 0.5) is 0 Å². The molecule has 0 rings (SSSR count). The van der Waals surface area contributed by atoms with E-state index in [2.05, 4.69) is 0 Å². The molecule has 0 bridgehead atoms. The van der Waals surface area contributed by atoms with Crippen molar-refractivity contribution in [2.75, 3.05) is 6.61 Å². The van der Waals surface area contributed by atoms with Crippen molar-refractivity contribution in [2.45, 2.75) is 38.9 Å². The predicted molar refractivity (Wildman–Crippen MR) is 43.2 cm³/mol. The molecule has 0 aromatic heterocycles. The summed E-state index contributed by atoms with van der Waals surface area (Å²) in [6.45, 7) is 3.75. The Morgan fingerprint density at radius 2 is 1.55 bits per heavy atom. The molecule has 11 heavy (non-hydrogen) atoms. The SMILES string of the molecule is CC(C)CC(O)CC(O)CO. The fourth-order valence-corrected chi connectivity index (χ4v) is 1.03. The number of rotatable bonds is 5. The maximum Gasteiger partial charge on any atom is 0.0795 e. The third kappa shape index (κ3) is 6.28. The van der Waals surface area contributed by atoms with Crippen LogP contribution in [0.2, 0.25) is 0 Å². The summed E-state index contributed by atoms with van der Waals surface area (Å²) < 4.78 is 0. The van der Waals surface area contributed by atoms with E-state index in [1.165, 1.54) is 0 Å². The van der Waals surface area contributed by atoms with E-state index in [0.717, 1.165) is 0 Å². The van der Waals surface area contributed by atoms with Crippen LogP contribution in [0.15, 0.2) is 0 Å². The summed E-state index contributed by atoms with van der Waals surface area (Å²) >= 11 is 0. The summed E-state index contributed by atoms with van der Waals surface area (Å²) in [6, 6.07) is 0. The molecule has 2 unspecified atom stereocenters. The highest BCUT2D eigenvalue weighted by Gasteiger charge is 2.11. The lowest BCUT2D eigenvalue weighted by atomic mass is 10.0. The van der Waals surface area contributed by atoms with Crippen molar-refractivity contribution < 1.29 is 15.3 Å². The molecule has 3 nitrogen and oxygen atoms in total. The van der Waals surface area contributed by atoms with Crippen LogP contribution in [0.3, 0.4) is 0 Å². The Morgan fingerprint density at radius 3 is 1.91 bits per heavy atom. The molecule has 0 saturated carbocycles. The van der Waals surface area contributed by atoms with E-state index in [0.29, 0.717) is 12.3 Å². The van der Waals surface area contributed by atoms with Crippen molar-refractivity contribution in [1.29, 1.82) is 0 Å². The molecule has 0 aliphatic heterocycles. The van der Waals surface area contributed by atoms with Gasteiger partial charge in [-0.05, 0) is 12.3 Å². The summed E-state index contributed by atoms with van der Waals surface area (Å²) in [5.41, 5.74) is 0. The Bertz CT molecular complexity index is 93.3. The number of hydrogen-bond acceptors (Lipinski definition) is 3. The molecule has 2 atom stereocenters. The van der Waals surface area contributed by atoms with Crippen molar-refractivity contribution in [1.82, 2.24) is 0 Å². The molecule has 3 heteroatoms. The van der Waals surface area contributed by atoms with Gasteiger partial charge in [0.25, 0.3) is 0 Å². The third-order valence-electron chi connectivity index (χ3n) is 1.50. The molecular weight excluding hydrogens is 144 g/mol. The Morgan fingerprint density at radius 1 is 1.00 bits per heavy atom. The minimum absolute atomic E-state index is 0.269.